The maximum Gasteiger partial charge on any atom is 0.256 e. The minimum absolute atomic E-state index is 0.0576. The van der Waals surface area contributed by atoms with E-state index in [0.717, 1.165) is 30.8 Å². The summed E-state index contributed by atoms with van der Waals surface area (Å²) in [6.45, 7) is 6.03. The van der Waals surface area contributed by atoms with Gasteiger partial charge in [0.15, 0.2) is 5.65 Å². The van der Waals surface area contributed by atoms with Crippen LogP contribution in [0, 0.1) is 17.1 Å². The predicted molar refractivity (Wildman–Crippen MR) is 148 cm³/mol. The van der Waals surface area contributed by atoms with Crippen molar-refractivity contribution in [1.29, 1.82) is 5.26 Å². The molecule has 0 unspecified atom stereocenters. The Kier molecular flexibility index (Phi) is 6.59. The number of halogens is 1. The summed E-state index contributed by atoms with van der Waals surface area (Å²) in [5.74, 6) is -0.568. The Bertz CT molecular complexity index is 1590. The Labute approximate surface area is 231 Å². The van der Waals surface area contributed by atoms with Crippen molar-refractivity contribution in [2.75, 3.05) is 56.5 Å². The number of anilines is 3. The van der Waals surface area contributed by atoms with Crippen LogP contribution in [0.5, 0.6) is 0 Å². The number of nitriles is 1. The Morgan fingerprint density at radius 1 is 1.20 bits per heavy atom. The number of likely N-dealkylation sites (N-methyl/N-ethyl adjacent to an activating group) is 1. The average Bonchev–Trinajstić information content (AvgIpc) is 3.58. The highest BCUT2D eigenvalue weighted by Gasteiger charge is 2.46. The normalized spacial score (nSPS) is 17.1. The van der Waals surface area contributed by atoms with Crippen LogP contribution in [0.3, 0.4) is 0 Å². The molecule has 4 aromatic rings. The summed E-state index contributed by atoms with van der Waals surface area (Å²) in [4.78, 5) is 23.5. The Morgan fingerprint density at radius 3 is 2.70 bits per heavy atom. The summed E-state index contributed by atoms with van der Waals surface area (Å²) in [5.41, 5.74) is 2.79. The maximum atomic E-state index is 15.0. The van der Waals surface area contributed by atoms with Crippen LogP contribution in [0.4, 0.5) is 21.7 Å². The summed E-state index contributed by atoms with van der Waals surface area (Å²) in [6.07, 6.45) is 6.93. The first-order valence-electron chi connectivity index (χ1n) is 13.4. The van der Waals surface area contributed by atoms with Gasteiger partial charge in [-0.15, -0.1) is 5.10 Å². The standard InChI is InChI=1S/C28H31FN10O/c1-3-20-16-31-39(17-20)28(8-9-30)18-37(19-28)24-5-4-10-38-25(24)33-27(34-38)32-21-6-7-22(23(29)15-21)26(40)36-13-11-35(2)12-14-36/h4-7,10,15-17H,3,8,11-14,18-19H2,1-2H3,(H,32,34). The average molecular weight is 543 g/mol. The summed E-state index contributed by atoms with van der Waals surface area (Å²) in [7, 11) is 2.01. The minimum Gasteiger partial charge on any atom is -0.363 e. The lowest BCUT2D eigenvalue weighted by Crippen LogP contribution is -2.63. The van der Waals surface area contributed by atoms with Crippen molar-refractivity contribution in [3.05, 3.63) is 65.9 Å². The van der Waals surface area contributed by atoms with Crippen LogP contribution in [0.25, 0.3) is 5.65 Å². The first-order chi connectivity index (χ1) is 19.4. The number of pyridine rings is 1. The number of benzene rings is 1. The monoisotopic (exact) mass is 542 g/mol. The predicted octanol–water partition coefficient (Wildman–Crippen LogP) is 2.89. The van der Waals surface area contributed by atoms with E-state index in [9.17, 15) is 14.4 Å². The van der Waals surface area contributed by atoms with Crippen LogP contribution >= 0.6 is 0 Å². The van der Waals surface area contributed by atoms with E-state index >= 15 is 0 Å². The highest BCUT2D eigenvalue weighted by Crippen LogP contribution is 2.37. The van der Waals surface area contributed by atoms with Gasteiger partial charge in [0.1, 0.15) is 11.4 Å². The molecule has 2 aliphatic rings. The van der Waals surface area contributed by atoms with Crippen molar-refractivity contribution in [1.82, 2.24) is 34.2 Å². The second-order valence-electron chi connectivity index (χ2n) is 10.6. The second-order valence-corrected chi connectivity index (χ2v) is 10.6. The lowest BCUT2D eigenvalue weighted by molar-refractivity contribution is 0.0659. The molecule has 1 amide bonds. The molecule has 0 bridgehead atoms. The van der Waals surface area contributed by atoms with Gasteiger partial charge in [-0.1, -0.05) is 6.92 Å². The van der Waals surface area contributed by atoms with Gasteiger partial charge in [-0.3, -0.25) is 9.48 Å². The molecule has 5 heterocycles. The molecular weight excluding hydrogens is 511 g/mol. The van der Waals surface area contributed by atoms with Gasteiger partial charge in [0, 0.05) is 57.3 Å². The molecule has 0 saturated carbocycles. The number of carbonyl (C=O) groups is 1. The molecule has 0 radical (unpaired) electrons. The molecule has 1 aromatic carbocycles. The van der Waals surface area contributed by atoms with E-state index in [1.165, 1.54) is 12.1 Å². The van der Waals surface area contributed by atoms with Gasteiger partial charge in [0.05, 0.1) is 29.9 Å². The topological polar surface area (TPSA) is 111 Å². The van der Waals surface area contributed by atoms with Crippen molar-refractivity contribution in [2.45, 2.75) is 25.3 Å². The van der Waals surface area contributed by atoms with E-state index in [1.54, 1.807) is 21.7 Å². The Balaban J connectivity index is 1.19. The van der Waals surface area contributed by atoms with Crippen LogP contribution in [-0.4, -0.2) is 86.4 Å². The van der Waals surface area contributed by atoms with E-state index in [2.05, 4.69) is 43.3 Å². The molecule has 3 aromatic heterocycles. The van der Waals surface area contributed by atoms with E-state index in [-0.39, 0.29) is 11.5 Å². The zero-order chi connectivity index (χ0) is 27.9. The third-order valence-corrected chi connectivity index (χ3v) is 7.84. The largest absolute Gasteiger partial charge is 0.363 e. The van der Waals surface area contributed by atoms with Crippen LogP contribution in [0.1, 0.15) is 29.3 Å². The molecule has 40 heavy (non-hydrogen) atoms. The SMILES string of the molecule is CCc1cnn(C2(CC#N)CN(c3cccn4nc(Nc5ccc(C(=O)N6CCN(C)CC6)c(F)c5)nc34)C2)c1. The van der Waals surface area contributed by atoms with Crippen molar-refractivity contribution < 1.29 is 9.18 Å². The number of nitrogens with zero attached hydrogens (tertiary/aromatic N) is 9. The third-order valence-electron chi connectivity index (χ3n) is 7.84. The lowest BCUT2D eigenvalue weighted by atomic mass is 9.86. The number of aromatic nitrogens is 5. The molecule has 2 fully saturated rings. The quantitative estimate of drug-likeness (QED) is 0.380. The molecule has 12 heteroatoms. The zero-order valence-corrected chi connectivity index (χ0v) is 22.6. The molecule has 0 aliphatic carbocycles. The molecule has 2 saturated heterocycles. The first kappa shape index (κ1) is 25.8. The summed E-state index contributed by atoms with van der Waals surface area (Å²) in [6, 6.07) is 10.7. The molecule has 0 atom stereocenters. The fourth-order valence-electron chi connectivity index (χ4n) is 5.39. The van der Waals surface area contributed by atoms with Gasteiger partial charge >= 0.3 is 0 Å². The molecule has 0 spiro atoms. The maximum absolute atomic E-state index is 15.0. The summed E-state index contributed by atoms with van der Waals surface area (Å²) >= 11 is 0. The number of carbonyl (C=O) groups excluding carboxylic acids is 1. The Hall–Kier alpha value is -4.50. The third kappa shape index (κ3) is 4.62. The molecule has 11 nitrogen and oxygen atoms in total. The highest BCUT2D eigenvalue weighted by molar-refractivity contribution is 5.95. The number of hydrogen-bond acceptors (Lipinski definition) is 8. The van der Waals surface area contributed by atoms with E-state index < -0.39 is 11.4 Å². The number of nitrogens with one attached hydrogen (secondary N) is 1. The van der Waals surface area contributed by atoms with Crippen molar-refractivity contribution in [2.24, 2.45) is 0 Å². The fourth-order valence-corrected chi connectivity index (χ4v) is 5.39. The lowest BCUT2D eigenvalue weighted by Gasteiger charge is -2.50. The minimum atomic E-state index is -0.586. The number of rotatable bonds is 7. The van der Waals surface area contributed by atoms with E-state index in [0.29, 0.717) is 49.9 Å². The van der Waals surface area contributed by atoms with Crippen molar-refractivity contribution in [3.8, 4) is 6.07 Å². The summed E-state index contributed by atoms with van der Waals surface area (Å²) in [5, 5.41) is 21.6. The molecule has 206 valence electrons. The van der Waals surface area contributed by atoms with Crippen LogP contribution in [0.15, 0.2) is 48.9 Å². The van der Waals surface area contributed by atoms with Crippen LogP contribution in [-0.2, 0) is 12.0 Å². The number of hydrogen-bond donors (Lipinski definition) is 1. The fraction of sp³-hybridized carbons (Fsp3) is 0.393. The van der Waals surface area contributed by atoms with Gasteiger partial charge in [-0.2, -0.15) is 15.3 Å². The summed E-state index contributed by atoms with van der Waals surface area (Å²) < 4.78 is 18.6. The van der Waals surface area contributed by atoms with Crippen LogP contribution < -0.4 is 10.2 Å². The van der Waals surface area contributed by atoms with Crippen molar-refractivity contribution in [3.63, 3.8) is 0 Å². The molecule has 6 rings (SSSR count). The van der Waals surface area contributed by atoms with E-state index in [4.69, 9.17) is 0 Å². The Morgan fingerprint density at radius 2 is 2.00 bits per heavy atom. The first-order valence-corrected chi connectivity index (χ1v) is 13.4. The highest BCUT2D eigenvalue weighted by atomic mass is 19.1. The molecule has 1 N–H and O–H groups in total. The number of aryl methyl sites for hydroxylation is 1. The van der Waals surface area contributed by atoms with Gasteiger partial charge in [-0.25, -0.2) is 8.91 Å². The van der Waals surface area contributed by atoms with Gasteiger partial charge in [0.2, 0.25) is 5.95 Å². The zero-order valence-electron chi connectivity index (χ0n) is 22.6. The van der Waals surface area contributed by atoms with Gasteiger partial charge in [-0.05, 0) is 49.4 Å². The number of piperazine rings is 1. The van der Waals surface area contributed by atoms with E-state index in [1.807, 2.05) is 36.3 Å². The smallest absolute Gasteiger partial charge is 0.256 e. The van der Waals surface area contributed by atoms with Crippen LogP contribution in [0.2, 0.25) is 0 Å². The van der Waals surface area contributed by atoms with Gasteiger partial charge in [0.25, 0.3) is 5.91 Å². The molecular formula is C28H31FN10O. The van der Waals surface area contributed by atoms with Crippen molar-refractivity contribution >= 4 is 28.9 Å². The second kappa shape index (κ2) is 10.2. The number of fused-ring (bicyclic) bond motifs is 1. The number of amides is 1. The molecule has 2 aliphatic heterocycles. The van der Waals surface area contributed by atoms with Gasteiger partial charge < -0.3 is 20.0 Å².